The third-order valence-corrected chi connectivity index (χ3v) is 3.09. The van der Waals surface area contributed by atoms with Crippen molar-refractivity contribution in [1.82, 2.24) is 0 Å². The van der Waals surface area contributed by atoms with E-state index in [1.165, 1.54) is 11.3 Å². The van der Waals surface area contributed by atoms with Crippen LogP contribution in [0.5, 0.6) is 0 Å². The van der Waals surface area contributed by atoms with Gasteiger partial charge in [-0.15, -0.1) is 0 Å². The lowest BCUT2D eigenvalue weighted by Gasteiger charge is -2.18. The zero-order chi connectivity index (χ0) is 12.7. The van der Waals surface area contributed by atoms with E-state index in [1.54, 1.807) is 0 Å². The summed E-state index contributed by atoms with van der Waals surface area (Å²) in [6.45, 7) is 10.7. The molecule has 0 bridgehead atoms. The van der Waals surface area contributed by atoms with E-state index in [0.717, 1.165) is 18.4 Å². The molecule has 0 aliphatic heterocycles. The van der Waals surface area contributed by atoms with E-state index in [9.17, 15) is 5.11 Å². The van der Waals surface area contributed by atoms with E-state index < -0.39 is 0 Å². The maximum atomic E-state index is 9.26. The molecule has 0 amide bonds. The minimum atomic E-state index is 0.133. The lowest BCUT2D eigenvalue weighted by molar-refractivity contribution is 0.330. The Balaban J connectivity index is 5.32. The van der Waals surface area contributed by atoms with Gasteiger partial charge in [0.2, 0.25) is 0 Å². The predicted molar refractivity (Wildman–Crippen MR) is 80.4 cm³/mol. The second kappa shape index (κ2) is 8.23. The van der Waals surface area contributed by atoms with Gasteiger partial charge in [-0.2, -0.15) is 0 Å². The van der Waals surface area contributed by atoms with Gasteiger partial charge in [-0.05, 0) is 43.8 Å². The number of allylic oxidation sites excluding steroid dienone is 1. The van der Waals surface area contributed by atoms with Gasteiger partial charge in [-0.3, -0.25) is 4.99 Å². The molecule has 3 heteroatoms. The lowest BCUT2D eigenvalue weighted by Crippen LogP contribution is -2.17. The van der Waals surface area contributed by atoms with Gasteiger partial charge in [-0.25, -0.2) is 0 Å². The number of hydrogen-bond donors (Lipinski definition) is 1. The third kappa shape index (κ3) is 4.95. The molecule has 2 nitrogen and oxygen atoms in total. The highest BCUT2D eigenvalue weighted by Gasteiger charge is 2.15. The van der Waals surface area contributed by atoms with Crippen molar-refractivity contribution in [2.75, 3.05) is 6.61 Å². The molecule has 0 rings (SSSR count). The topological polar surface area (TPSA) is 32.6 Å². The summed E-state index contributed by atoms with van der Waals surface area (Å²) >= 11 is 2.32. The fourth-order valence-corrected chi connectivity index (χ4v) is 1.98. The minimum absolute atomic E-state index is 0.133. The Morgan fingerprint density at radius 2 is 1.88 bits per heavy atom. The van der Waals surface area contributed by atoms with E-state index in [2.05, 4.69) is 50.3 Å². The van der Waals surface area contributed by atoms with E-state index >= 15 is 0 Å². The Bertz CT molecular complexity index is 269. The van der Waals surface area contributed by atoms with Crippen LogP contribution in [0.1, 0.15) is 47.5 Å². The van der Waals surface area contributed by atoms with E-state index in [-0.39, 0.29) is 10.7 Å². The van der Waals surface area contributed by atoms with Crippen LogP contribution in [0, 0.1) is 5.92 Å². The highest BCUT2D eigenvalue weighted by molar-refractivity contribution is 14.1. The number of alkyl halides is 1. The molecule has 94 valence electrons. The Kier molecular flexibility index (Phi) is 8.28. The maximum absolute atomic E-state index is 9.26. The molecule has 1 N–H and O–H groups in total. The molecule has 0 aliphatic rings. The summed E-state index contributed by atoms with van der Waals surface area (Å²) in [5.41, 5.74) is 3.47. The van der Waals surface area contributed by atoms with E-state index in [4.69, 9.17) is 4.99 Å². The first-order valence-corrected chi connectivity index (χ1v) is 7.23. The van der Waals surface area contributed by atoms with Crippen molar-refractivity contribution in [1.29, 1.82) is 0 Å². The van der Waals surface area contributed by atoms with Crippen molar-refractivity contribution in [2.24, 2.45) is 10.9 Å². The van der Waals surface area contributed by atoms with Crippen LogP contribution < -0.4 is 0 Å². The molecular formula is C13H24INO. The molecule has 0 heterocycles. The zero-order valence-electron chi connectivity index (χ0n) is 11.0. The number of nitrogens with zero attached hydrogens (tertiary/aromatic N) is 1. The van der Waals surface area contributed by atoms with Crippen LogP contribution in [0.25, 0.3) is 0 Å². The molecule has 16 heavy (non-hydrogen) atoms. The number of aliphatic hydroxyl groups is 1. The number of halogens is 1. The Hall–Kier alpha value is 0.1000. The van der Waals surface area contributed by atoms with Crippen molar-refractivity contribution < 1.29 is 5.11 Å². The average molecular weight is 337 g/mol. The van der Waals surface area contributed by atoms with Crippen molar-refractivity contribution in [3.63, 3.8) is 0 Å². The van der Waals surface area contributed by atoms with Crippen LogP contribution in [0.3, 0.4) is 0 Å². The number of aliphatic hydroxyl groups excluding tert-OH is 1. The van der Waals surface area contributed by atoms with Crippen molar-refractivity contribution in [3.05, 3.63) is 11.1 Å². The molecule has 1 unspecified atom stereocenters. The van der Waals surface area contributed by atoms with Crippen molar-refractivity contribution in [2.45, 2.75) is 51.5 Å². The van der Waals surface area contributed by atoms with Crippen LogP contribution in [0.2, 0.25) is 0 Å². The molecule has 2 atom stereocenters. The van der Waals surface area contributed by atoms with Crippen LogP contribution in [0.4, 0.5) is 0 Å². The van der Waals surface area contributed by atoms with Gasteiger partial charge < -0.3 is 5.11 Å². The Morgan fingerprint density at radius 1 is 1.31 bits per heavy atom. The Morgan fingerprint density at radius 3 is 2.19 bits per heavy atom. The summed E-state index contributed by atoms with van der Waals surface area (Å²) in [7, 11) is 0. The second-order valence-electron chi connectivity index (χ2n) is 4.17. The first kappa shape index (κ1) is 16.1. The average Bonchev–Trinajstić information content (AvgIpc) is 2.26. The van der Waals surface area contributed by atoms with E-state index in [0.29, 0.717) is 5.92 Å². The summed E-state index contributed by atoms with van der Waals surface area (Å²) in [6.07, 6.45) is 2.03. The molecule has 0 saturated carbocycles. The lowest BCUT2D eigenvalue weighted by atomic mass is 9.91. The number of rotatable bonds is 6. The first-order valence-electron chi connectivity index (χ1n) is 5.99. The van der Waals surface area contributed by atoms with Gasteiger partial charge in [0.1, 0.15) is 0 Å². The normalized spacial score (nSPS) is 18.1. The van der Waals surface area contributed by atoms with Crippen molar-refractivity contribution >= 4 is 28.3 Å². The number of aliphatic imine (C=N–C) groups is 1. The summed E-state index contributed by atoms with van der Waals surface area (Å²) < 4.78 is 0.287. The second-order valence-corrected chi connectivity index (χ2v) is 5.97. The Labute approximate surface area is 113 Å². The minimum Gasteiger partial charge on any atom is -0.392 e. The van der Waals surface area contributed by atoms with Gasteiger partial charge in [0.15, 0.2) is 0 Å². The molecule has 0 fully saturated rings. The van der Waals surface area contributed by atoms with Gasteiger partial charge in [0.05, 0.1) is 10.7 Å². The highest BCUT2D eigenvalue weighted by Crippen LogP contribution is 2.20. The van der Waals surface area contributed by atoms with E-state index in [1.807, 2.05) is 6.92 Å². The van der Waals surface area contributed by atoms with Crippen LogP contribution in [0.15, 0.2) is 16.1 Å². The van der Waals surface area contributed by atoms with Crippen molar-refractivity contribution in [3.8, 4) is 0 Å². The fraction of sp³-hybridized carbons (Fsp3) is 0.769. The largest absolute Gasteiger partial charge is 0.392 e. The molecule has 0 aromatic rings. The van der Waals surface area contributed by atoms with Gasteiger partial charge in [0.25, 0.3) is 0 Å². The van der Waals surface area contributed by atoms with Gasteiger partial charge >= 0.3 is 0 Å². The monoisotopic (exact) mass is 337 g/mol. The summed E-state index contributed by atoms with van der Waals surface area (Å²) in [5, 5.41) is 9.26. The van der Waals surface area contributed by atoms with Crippen LogP contribution >= 0.6 is 22.6 Å². The van der Waals surface area contributed by atoms with Crippen LogP contribution in [-0.2, 0) is 0 Å². The molecular weight excluding hydrogens is 313 g/mol. The molecule has 0 radical (unpaired) electrons. The van der Waals surface area contributed by atoms with Gasteiger partial charge in [0, 0.05) is 5.71 Å². The smallest absolute Gasteiger partial charge is 0.0986 e. The molecule has 0 aromatic heterocycles. The zero-order valence-corrected chi connectivity index (χ0v) is 13.2. The van der Waals surface area contributed by atoms with Crippen LogP contribution in [-0.4, -0.2) is 21.5 Å². The maximum Gasteiger partial charge on any atom is 0.0986 e. The third-order valence-electron chi connectivity index (χ3n) is 2.81. The summed E-state index contributed by atoms with van der Waals surface area (Å²) in [4.78, 5) is 4.72. The molecule has 0 aromatic carbocycles. The fourth-order valence-electron chi connectivity index (χ4n) is 1.68. The predicted octanol–water partition coefficient (Wildman–Crippen LogP) is 3.97. The SMILES string of the molecule is CC/C(C(=NC(C)I)[C@@H](C)CC)=C(/C)CO. The quantitative estimate of drug-likeness (QED) is 0.338. The van der Waals surface area contributed by atoms with Gasteiger partial charge in [-0.1, -0.05) is 43.4 Å². The molecule has 0 saturated heterocycles. The standard InChI is InChI=1S/C13H24INO/c1-6-9(3)13(15-11(5)14)12(7-2)10(4)8-16/h9,11,16H,6-8H2,1-5H3/b12-10+,15-13?/t9-,11?/m0/s1. The first-order chi connectivity index (χ1) is 7.47. The summed E-state index contributed by atoms with van der Waals surface area (Å²) in [6, 6.07) is 0. The summed E-state index contributed by atoms with van der Waals surface area (Å²) in [5.74, 6) is 0.466. The molecule has 0 spiro atoms. The molecule has 0 aliphatic carbocycles. The highest BCUT2D eigenvalue weighted by atomic mass is 127. The number of hydrogen-bond acceptors (Lipinski definition) is 2.